The van der Waals surface area contributed by atoms with Gasteiger partial charge in [-0.15, -0.1) is 11.8 Å². The van der Waals surface area contributed by atoms with Crippen molar-refractivity contribution in [2.75, 3.05) is 12.4 Å². The van der Waals surface area contributed by atoms with Crippen LogP contribution in [0, 0.1) is 0 Å². The smallest absolute Gasteiger partial charge is 0.132 e. The highest BCUT2D eigenvalue weighted by Crippen LogP contribution is 2.28. The summed E-state index contributed by atoms with van der Waals surface area (Å²) in [4.78, 5) is 0. The fourth-order valence-corrected chi connectivity index (χ4v) is 2.49. The summed E-state index contributed by atoms with van der Waals surface area (Å²) in [5, 5.41) is 37.5. The van der Waals surface area contributed by atoms with Crippen LogP contribution in [0.3, 0.4) is 0 Å². The molecule has 1 aliphatic rings. The maximum atomic E-state index is 9.61. The van der Waals surface area contributed by atoms with E-state index in [1.165, 1.54) is 11.8 Å². The Morgan fingerprint density at radius 2 is 1.80 bits per heavy atom. The molecule has 0 aromatic rings. The van der Waals surface area contributed by atoms with E-state index in [-0.39, 0.29) is 6.61 Å². The van der Waals surface area contributed by atoms with Gasteiger partial charge in [-0.25, -0.2) is 0 Å². The standard InChI is InChI=1S/C9H18O5S/c1-2-3-15-9-8(13)7(12)6(11)5(4-10)14-9/h5-13H,2-4H2,1H3/t5-,6-,7+,8-,9-/m1/s1. The number of hydrogen-bond acceptors (Lipinski definition) is 6. The minimum atomic E-state index is -1.26. The third-order valence-corrected chi connectivity index (χ3v) is 3.70. The van der Waals surface area contributed by atoms with E-state index in [9.17, 15) is 15.3 Å². The molecule has 0 amide bonds. The maximum absolute atomic E-state index is 9.61. The third kappa shape index (κ3) is 3.05. The highest BCUT2D eigenvalue weighted by Gasteiger charge is 2.43. The van der Waals surface area contributed by atoms with Crippen LogP contribution in [0.25, 0.3) is 0 Å². The fourth-order valence-electron chi connectivity index (χ4n) is 1.44. The molecule has 6 heteroatoms. The lowest BCUT2D eigenvalue weighted by atomic mass is 10.0. The predicted molar refractivity (Wildman–Crippen MR) is 56.5 cm³/mol. The second kappa shape index (κ2) is 6.03. The van der Waals surface area contributed by atoms with Crippen molar-refractivity contribution in [3.63, 3.8) is 0 Å². The van der Waals surface area contributed by atoms with Crippen molar-refractivity contribution in [1.82, 2.24) is 0 Å². The molecular formula is C9H18O5S. The number of aliphatic hydroxyl groups is 4. The fraction of sp³-hybridized carbons (Fsp3) is 1.00. The maximum Gasteiger partial charge on any atom is 0.132 e. The highest BCUT2D eigenvalue weighted by atomic mass is 32.2. The first-order valence-electron chi connectivity index (χ1n) is 5.04. The van der Waals surface area contributed by atoms with Gasteiger partial charge in [0.05, 0.1) is 6.61 Å². The average Bonchev–Trinajstić information content (AvgIpc) is 2.25. The van der Waals surface area contributed by atoms with Crippen molar-refractivity contribution in [3.05, 3.63) is 0 Å². The predicted octanol–water partition coefficient (Wildman–Crippen LogP) is -1.07. The van der Waals surface area contributed by atoms with E-state index in [2.05, 4.69) is 0 Å². The van der Waals surface area contributed by atoms with Gasteiger partial charge in [-0.1, -0.05) is 6.92 Å². The molecule has 1 aliphatic heterocycles. The summed E-state index contributed by atoms with van der Waals surface area (Å²) in [5.74, 6) is 0.794. The summed E-state index contributed by atoms with van der Waals surface area (Å²) in [6.45, 7) is 1.63. The van der Waals surface area contributed by atoms with Gasteiger partial charge < -0.3 is 25.2 Å². The molecule has 4 N–H and O–H groups in total. The molecule has 1 saturated heterocycles. The van der Waals surface area contributed by atoms with E-state index in [0.29, 0.717) is 0 Å². The molecule has 0 aromatic heterocycles. The summed E-state index contributed by atoms with van der Waals surface area (Å²) in [6.07, 6.45) is -3.49. The first-order valence-corrected chi connectivity index (χ1v) is 6.08. The first-order chi connectivity index (χ1) is 7.11. The largest absolute Gasteiger partial charge is 0.394 e. The Morgan fingerprint density at radius 1 is 1.13 bits per heavy atom. The lowest BCUT2D eigenvalue weighted by Gasteiger charge is -2.39. The van der Waals surface area contributed by atoms with Gasteiger partial charge in [0.1, 0.15) is 29.9 Å². The van der Waals surface area contributed by atoms with Crippen molar-refractivity contribution in [2.45, 2.75) is 43.2 Å². The van der Waals surface area contributed by atoms with Crippen molar-refractivity contribution < 1.29 is 25.2 Å². The number of aliphatic hydroxyl groups excluding tert-OH is 4. The Kier molecular flexibility index (Phi) is 5.31. The zero-order valence-electron chi connectivity index (χ0n) is 8.61. The minimum absolute atomic E-state index is 0.367. The zero-order chi connectivity index (χ0) is 11.4. The average molecular weight is 238 g/mol. The van der Waals surface area contributed by atoms with Gasteiger partial charge in [-0.3, -0.25) is 0 Å². The number of thioether (sulfide) groups is 1. The number of hydrogen-bond donors (Lipinski definition) is 4. The molecule has 0 aliphatic carbocycles. The van der Waals surface area contributed by atoms with Crippen molar-refractivity contribution in [3.8, 4) is 0 Å². The molecule has 1 fully saturated rings. The molecule has 90 valence electrons. The summed E-state index contributed by atoms with van der Waals surface area (Å²) < 4.78 is 5.29. The topological polar surface area (TPSA) is 90.2 Å². The van der Waals surface area contributed by atoms with E-state index in [4.69, 9.17) is 9.84 Å². The van der Waals surface area contributed by atoms with Crippen LogP contribution in [-0.4, -0.2) is 62.6 Å². The molecule has 1 heterocycles. The Morgan fingerprint density at radius 3 is 2.33 bits per heavy atom. The molecule has 5 nitrogen and oxygen atoms in total. The molecule has 0 aromatic carbocycles. The monoisotopic (exact) mass is 238 g/mol. The van der Waals surface area contributed by atoms with Crippen LogP contribution >= 0.6 is 11.8 Å². The number of rotatable bonds is 4. The Bertz CT molecular complexity index is 189. The van der Waals surface area contributed by atoms with Gasteiger partial charge in [0.15, 0.2) is 0 Å². The van der Waals surface area contributed by atoms with Crippen LogP contribution in [0.1, 0.15) is 13.3 Å². The van der Waals surface area contributed by atoms with E-state index in [1.807, 2.05) is 6.92 Å². The second-order valence-corrected chi connectivity index (χ2v) is 4.77. The van der Waals surface area contributed by atoms with Gasteiger partial charge >= 0.3 is 0 Å². The Hall–Kier alpha value is 0.150. The molecule has 0 unspecified atom stereocenters. The summed E-state index contributed by atoms with van der Waals surface area (Å²) in [6, 6.07) is 0. The van der Waals surface area contributed by atoms with Crippen LogP contribution in [0.4, 0.5) is 0 Å². The Balaban J connectivity index is 2.57. The summed E-state index contributed by atoms with van der Waals surface area (Å²) in [7, 11) is 0. The van der Waals surface area contributed by atoms with Crippen LogP contribution in [0.2, 0.25) is 0 Å². The molecule has 0 radical (unpaired) electrons. The third-order valence-electron chi connectivity index (χ3n) is 2.33. The lowest BCUT2D eigenvalue weighted by Crippen LogP contribution is -2.57. The van der Waals surface area contributed by atoms with Crippen LogP contribution < -0.4 is 0 Å². The quantitative estimate of drug-likeness (QED) is 0.498. The van der Waals surface area contributed by atoms with Crippen LogP contribution in [0.5, 0.6) is 0 Å². The summed E-state index contributed by atoms with van der Waals surface area (Å²) in [5.41, 5.74) is -0.583. The van der Waals surface area contributed by atoms with Crippen LogP contribution in [0.15, 0.2) is 0 Å². The van der Waals surface area contributed by atoms with Crippen molar-refractivity contribution in [2.24, 2.45) is 0 Å². The van der Waals surface area contributed by atoms with Gasteiger partial charge in [0, 0.05) is 0 Å². The van der Waals surface area contributed by atoms with E-state index >= 15 is 0 Å². The minimum Gasteiger partial charge on any atom is -0.394 e. The van der Waals surface area contributed by atoms with Gasteiger partial charge in [0.2, 0.25) is 0 Å². The second-order valence-electron chi connectivity index (χ2n) is 3.57. The molecular weight excluding hydrogens is 220 g/mol. The van der Waals surface area contributed by atoms with Crippen LogP contribution in [-0.2, 0) is 4.74 Å². The van der Waals surface area contributed by atoms with E-state index in [0.717, 1.165) is 12.2 Å². The lowest BCUT2D eigenvalue weighted by molar-refractivity contribution is -0.205. The molecule has 0 saturated carbocycles. The van der Waals surface area contributed by atoms with E-state index in [1.54, 1.807) is 0 Å². The van der Waals surface area contributed by atoms with Gasteiger partial charge in [-0.2, -0.15) is 0 Å². The molecule has 5 atom stereocenters. The molecule has 0 bridgehead atoms. The number of ether oxygens (including phenoxy) is 1. The highest BCUT2D eigenvalue weighted by molar-refractivity contribution is 7.99. The normalized spacial score (nSPS) is 41.8. The zero-order valence-corrected chi connectivity index (χ0v) is 9.43. The SMILES string of the molecule is CCCS[C@H]1O[C@H](CO)[C@@H](O)[C@H](O)[C@H]1O. The molecule has 0 spiro atoms. The molecule has 1 rings (SSSR count). The van der Waals surface area contributed by atoms with Gasteiger partial charge in [-0.05, 0) is 12.2 Å². The van der Waals surface area contributed by atoms with E-state index < -0.39 is 29.9 Å². The van der Waals surface area contributed by atoms with Crippen molar-refractivity contribution >= 4 is 11.8 Å². The molecule has 15 heavy (non-hydrogen) atoms. The van der Waals surface area contributed by atoms with Crippen molar-refractivity contribution in [1.29, 1.82) is 0 Å². The van der Waals surface area contributed by atoms with Gasteiger partial charge in [0.25, 0.3) is 0 Å². The first kappa shape index (κ1) is 13.2. The Labute approximate surface area is 93.1 Å². The summed E-state index contributed by atoms with van der Waals surface area (Å²) >= 11 is 1.38.